The van der Waals surface area contributed by atoms with Crippen molar-refractivity contribution in [2.75, 3.05) is 6.54 Å². The van der Waals surface area contributed by atoms with Gasteiger partial charge in [-0.05, 0) is 49.6 Å². The lowest BCUT2D eigenvalue weighted by molar-refractivity contribution is 0.0934. The first-order valence-corrected chi connectivity index (χ1v) is 10.1. The van der Waals surface area contributed by atoms with Gasteiger partial charge in [0.05, 0.1) is 23.6 Å². The smallest absolute Gasteiger partial charge is 0.251 e. The third-order valence-corrected chi connectivity index (χ3v) is 5.50. The summed E-state index contributed by atoms with van der Waals surface area (Å²) in [5, 5.41) is 3.98. The number of carbonyl (C=O) groups is 1. The van der Waals surface area contributed by atoms with Crippen LogP contribution in [-0.4, -0.2) is 33.5 Å². The Morgan fingerprint density at radius 2 is 2.13 bits per heavy atom. The largest absolute Gasteiger partial charge is 0.487 e. The summed E-state index contributed by atoms with van der Waals surface area (Å²) in [5.41, 5.74) is 4.91. The maximum Gasteiger partial charge on any atom is 0.251 e. The van der Waals surface area contributed by atoms with Crippen LogP contribution in [0.15, 0.2) is 48.8 Å². The van der Waals surface area contributed by atoms with Crippen molar-refractivity contribution in [1.29, 1.82) is 0 Å². The fourth-order valence-corrected chi connectivity index (χ4v) is 3.97. The summed E-state index contributed by atoms with van der Waals surface area (Å²) < 4.78 is 20.5. The zero-order valence-corrected chi connectivity index (χ0v) is 17.2. The van der Waals surface area contributed by atoms with Crippen LogP contribution in [0.3, 0.4) is 0 Å². The molecule has 0 saturated carbocycles. The third kappa shape index (κ3) is 3.63. The zero-order chi connectivity index (χ0) is 21.5. The molecule has 2 aromatic heterocycles. The molecule has 1 amide bonds. The minimum Gasteiger partial charge on any atom is -0.487 e. The number of ether oxygens (including phenoxy) is 1. The summed E-state index contributed by atoms with van der Waals surface area (Å²) in [6, 6.07) is 10.4. The molecule has 1 aliphatic heterocycles. The Bertz CT molecular complexity index is 1310. The highest BCUT2D eigenvalue weighted by Gasteiger charge is 2.28. The standard InChI is InChI=1S/C24H21FN4O2/c1-13-11-27-14(2)22(29-13)20-10-18(25)7-17-8-19(31-23(17)20)12-28-24(30)16-4-3-15-5-6-26-21(15)9-16/h3-7,9-11,19,26H,8,12H2,1-2H3,(H,28,30)/t19-/m1/s1. The van der Waals surface area contributed by atoms with Gasteiger partial charge < -0.3 is 15.0 Å². The molecule has 1 atom stereocenters. The number of aromatic amines is 1. The summed E-state index contributed by atoms with van der Waals surface area (Å²) in [7, 11) is 0. The van der Waals surface area contributed by atoms with Crippen LogP contribution in [0, 0.1) is 19.7 Å². The van der Waals surface area contributed by atoms with Crippen LogP contribution in [0.1, 0.15) is 27.3 Å². The minimum absolute atomic E-state index is 0.178. The van der Waals surface area contributed by atoms with Gasteiger partial charge in [0, 0.05) is 41.0 Å². The van der Waals surface area contributed by atoms with E-state index in [-0.39, 0.29) is 17.8 Å². The number of nitrogens with one attached hydrogen (secondary N) is 2. The summed E-state index contributed by atoms with van der Waals surface area (Å²) in [5.74, 6) is 0.0864. The lowest BCUT2D eigenvalue weighted by Crippen LogP contribution is -2.34. The normalized spacial score (nSPS) is 15.0. The van der Waals surface area contributed by atoms with Crippen molar-refractivity contribution in [2.45, 2.75) is 26.4 Å². The average Bonchev–Trinajstić information content (AvgIpc) is 3.39. The van der Waals surface area contributed by atoms with Crippen LogP contribution in [0.5, 0.6) is 5.75 Å². The van der Waals surface area contributed by atoms with Crippen molar-refractivity contribution in [1.82, 2.24) is 20.3 Å². The van der Waals surface area contributed by atoms with Gasteiger partial charge in [-0.3, -0.25) is 9.78 Å². The fraction of sp³-hybridized carbons (Fsp3) is 0.208. The number of aryl methyl sites for hydroxylation is 2. The topological polar surface area (TPSA) is 79.9 Å². The van der Waals surface area contributed by atoms with E-state index in [4.69, 9.17) is 4.74 Å². The van der Waals surface area contributed by atoms with Crippen molar-refractivity contribution < 1.29 is 13.9 Å². The first-order valence-electron chi connectivity index (χ1n) is 10.1. The molecule has 2 aromatic carbocycles. The number of fused-ring (bicyclic) bond motifs is 2. The van der Waals surface area contributed by atoms with Crippen molar-refractivity contribution in [3.63, 3.8) is 0 Å². The number of aromatic nitrogens is 3. The summed E-state index contributed by atoms with van der Waals surface area (Å²) >= 11 is 0. The summed E-state index contributed by atoms with van der Waals surface area (Å²) in [4.78, 5) is 24.6. The average molecular weight is 416 g/mol. The van der Waals surface area contributed by atoms with E-state index in [2.05, 4.69) is 20.3 Å². The lowest BCUT2D eigenvalue weighted by Gasteiger charge is -2.14. The molecular weight excluding hydrogens is 395 g/mol. The summed E-state index contributed by atoms with van der Waals surface area (Å²) in [6.07, 6.45) is 3.75. The zero-order valence-electron chi connectivity index (χ0n) is 17.2. The number of carbonyl (C=O) groups excluding carboxylic acids is 1. The molecule has 7 heteroatoms. The number of H-pyrrole nitrogens is 1. The van der Waals surface area contributed by atoms with Gasteiger partial charge in [0.2, 0.25) is 0 Å². The van der Waals surface area contributed by atoms with E-state index in [0.717, 1.165) is 22.2 Å². The van der Waals surface area contributed by atoms with Crippen LogP contribution in [-0.2, 0) is 6.42 Å². The first kappa shape index (κ1) is 19.2. The van der Waals surface area contributed by atoms with E-state index in [1.807, 2.05) is 38.2 Å². The molecule has 0 bridgehead atoms. The van der Waals surface area contributed by atoms with Gasteiger partial charge in [0.25, 0.3) is 5.91 Å². The van der Waals surface area contributed by atoms with E-state index in [1.165, 1.54) is 12.1 Å². The molecule has 1 aliphatic rings. The second-order valence-corrected chi connectivity index (χ2v) is 7.82. The molecule has 5 rings (SSSR count). The Balaban J connectivity index is 1.34. The van der Waals surface area contributed by atoms with Gasteiger partial charge in [-0.1, -0.05) is 6.07 Å². The van der Waals surface area contributed by atoms with E-state index in [0.29, 0.717) is 41.2 Å². The lowest BCUT2D eigenvalue weighted by atomic mass is 10.0. The highest BCUT2D eigenvalue weighted by Crippen LogP contribution is 2.39. The molecule has 2 N–H and O–H groups in total. The molecule has 0 aliphatic carbocycles. The number of benzene rings is 2. The van der Waals surface area contributed by atoms with Gasteiger partial charge in [-0.15, -0.1) is 0 Å². The molecule has 156 valence electrons. The highest BCUT2D eigenvalue weighted by molar-refractivity contribution is 5.97. The van der Waals surface area contributed by atoms with E-state index in [1.54, 1.807) is 12.3 Å². The van der Waals surface area contributed by atoms with Gasteiger partial charge in [0.1, 0.15) is 17.7 Å². The SMILES string of the molecule is Cc1cnc(C)c(-c2cc(F)cc3c2O[C@@H](CNC(=O)c2ccc4cc[nH]c4c2)C3)n1. The number of rotatable bonds is 4. The molecule has 3 heterocycles. The fourth-order valence-electron chi connectivity index (χ4n) is 3.97. The molecule has 0 fully saturated rings. The van der Waals surface area contributed by atoms with E-state index >= 15 is 0 Å². The van der Waals surface area contributed by atoms with Crippen molar-refractivity contribution >= 4 is 16.8 Å². The van der Waals surface area contributed by atoms with Crippen LogP contribution in [0.25, 0.3) is 22.2 Å². The quantitative estimate of drug-likeness (QED) is 0.525. The molecule has 0 saturated heterocycles. The Morgan fingerprint density at radius 1 is 1.26 bits per heavy atom. The highest BCUT2D eigenvalue weighted by atomic mass is 19.1. The maximum atomic E-state index is 14.3. The van der Waals surface area contributed by atoms with E-state index < -0.39 is 0 Å². The maximum absolute atomic E-state index is 14.3. The second-order valence-electron chi connectivity index (χ2n) is 7.82. The monoisotopic (exact) mass is 416 g/mol. The first-order chi connectivity index (χ1) is 15.0. The van der Waals surface area contributed by atoms with Crippen LogP contribution in [0.4, 0.5) is 4.39 Å². The van der Waals surface area contributed by atoms with Crippen molar-refractivity contribution in [3.05, 3.63) is 77.1 Å². The van der Waals surface area contributed by atoms with Gasteiger partial charge >= 0.3 is 0 Å². The number of hydrogen-bond donors (Lipinski definition) is 2. The molecule has 0 radical (unpaired) electrons. The number of amides is 1. The Kier molecular flexibility index (Phi) is 4.66. The predicted molar refractivity (Wildman–Crippen MR) is 116 cm³/mol. The molecule has 0 spiro atoms. The molecule has 6 nitrogen and oxygen atoms in total. The number of halogens is 1. The van der Waals surface area contributed by atoms with Gasteiger partial charge in [-0.2, -0.15) is 0 Å². The number of nitrogens with zero attached hydrogens (tertiary/aromatic N) is 2. The van der Waals surface area contributed by atoms with Gasteiger partial charge in [0.15, 0.2) is 0 Å². The molecule has 31 heavy (non-hydrogen) atoms. The molecular formula is C24H21FN4O2. The van der Waals surface area contributed by atoms with Crippen LogP contribution in [0.2, 0.25) is 0 Å². The minimum atomic E-state index is -0.344. The van der Waals surface area contributed by atoms with Crippen molar-refractivity contribution in [3.8, 4) is 17.0 Å². The number of hydrogen-bond acceptors (Lipinski definition) is 4. The molecule has 0 unspecified atom stereocenters. The second kappa shape index (κ2) is 7.50. The Labute approximate surface area is 178 Å². The van der Waals surface area contributed by atoms with E-state index in [9.17, 15) is 9.18 Å². The third-order valence-electron chi connectivity index (χ3n) is 5.50. The van der Waals surface area contributed by atoms with Crippen molar-refractivity contribution in [2.24, 2.45) is 0 Å². The Morgan fingerprint density at radius 3 is 3.00 bits per heavy atom. The summed E-state index contributed by atoms with van der Waals surface area (Å²) in [6.45, 7) is 4.00. The van der Waals surface area contributed by atoms with Crippen LogP contribution >= 0.6 is 0 Å². The Hall–Kier alpha value is -3.74. The predicted octanol–water partition coefficient (Wildman–Crippen LogP) is 4.11. The molecule has 4 aromatic rings. The van der Waals surface area contributed by atoms with Crippen LogP contribution < -0.4 is 10.1 Å². The van der Waals surface area contributed by atoms with Gasteiger partial charge in [-0.25, -0.2) is 9.37 Å².